The largest absolute Gasteiger partial charge is 0.314 e. The fourth-order valence-corrected chi connectivity index (χ4v) is 2.86. The molecule has 1 aromatic rings. The quantitative estimate of drug-likeness (QED) is 0.780. The molecule has 0 bridgehead atoms. The Balaban J connectivity index is 1.65. The topological polar surface area (TPSA) is 12.0 Å². The van der Waals surface area contributed by atoms with E-state index in [1.165, 1.54) is 24.1 Å². The predicted octanol–water partition coefficient (Wildman–Crippen LogP) is 3.31. The van der Waals surface area contributed by atoms with Gasteiger partial charge in [-0.15, -0.1) is 11.3 Å². The maximum atomic E-state index is 3.66. The van der Waals surface area contributed by atoms with Gasteiger partial charge in [0.1, 0.15) is 0 Å². The molecule has 0 spiro atoms. The van der Waals surface area contributed by atoms with Crippen LogP contribution in [-0.4, -0.2) is 12.6 Å². The molecule has 1 nitrogen and oxygen atoms in total. The molecule has 1 aromatic heterocycles. The van der Waals surface area contributed by atoms with E-state index in [0.717, 1.165) is 24.4 Å². The zero-order chi connectivity index (χ0) is 10.7. The van der Waals surface area contributed by atoms with Crippen LogP contribution < -0.4 is 5.32 Å². The van der Waals surface area contributed by atoms with Crippen molar-refractivity contribution in [2.24, 2.45) is 11.8 Å². The Hall–Kier alpha value is -0.340. The minimum absolute atomic E-state index is 0.732. The van der Waals surface area contributed by atoms with Gasteiger partial charge in [0.05, 0.1) is 0 Å². The first-order valence-corrected chi connectivity index (χ1v) is 6.89. The summed E-state index contributed by atoms with van der Waals surface area (Å²) in [6.45, 7) is 5.83. The van der Waals surface area contributed by atoms with E-state index in [-0.39, 0.29) is 0 Å². The Kier molecular flexibility index (Phi) is 3.81. The van der Waals surface area contributed by atoms with Crippen molar-refractivity contribution in [1.82, 2.24) is 5.32 Å². The summed E-state index contributed by atoms with van der Waals surface area (Å²) in [5, 5.41) is 5.83. The van der Waals surface area contributed by atoms with Gasteiger partial charge in [0.15, 0.2) is 0 Å². The molecule has 15 heavy (non-hydrogen) atoms. The Morgan fingerprint density at radius 1 is 1.47 bits per heavy atom. The normalized spacial score (nSPS) is 20.1. The number of nitrogens with one attached hydrogen (secondary N) is 1. The molecule has 0 saturated heterocycles. The first kappa shape index (κ1) is 11.2. The number of rotatable bonds is 6. The van der Waals surface area contributed by atoms with Crippen LogP contribution in [0, 0.1) is 11.8 Å². The molecule has 0 radical (unpaired) electrons. The summed E-state index contributed by atoms with van der Waals surface area (Å²) < 4.78 is 0. The van der Waals surface area contributed by atoms with Crippen molar-refractivity contribution >= 4 is 11.3 Å². The van der Waals surface area contributed by atoms with Crippen molar-refractivity contribution in [3.63, 3.8) is 0 Å². The SMILES string of the molecule is CC(CNC(C)C1CC1)Cc1cccs1. The predicted molar refractivity (Wildman–Crippen MR) is 67.4 cm³/mol. The Morgan fingerprint density at radius 3 is 2.87 bits per heavy atom. The molecule has 84 valence electrons. The Bertz CT molecular complexity index is 277. The summed E-state index contributed by atoms with van der Waals surface area (Å²) in [6.07, 6.45) is 4.10. The first-order valence-electron chi connectivity index (χ1n) is 6.01. The van der Waals surface area contributed by atoms with E-state index >= 15 is 0 Å². The van der Waals surface area contributed by atoms with Crippen LogP contribution in [0.4, 0.5) is 0 Å². The van der Waals surface area contributed by atoms with E-state index in [4.69, 9.17) is 0 Å². The van der Waals surface area contributed by atoms with Crippen LogP contribution in [-0.2, 0) is 6.42 Å². The minimum Gasteiger partial charge on any atom is -0.314 e. The smallest absolute Gasteiger partial charge is 0.00671 e. The molecule has 2 heteroatoms. The van der Waals surface area contributed by atoms with Crippen LogP contribution >= 0.6 is 11.3 Å². The second-order valence-electron chi connectivity index (χ2n) is 4.92. The Labute approximate surface area is 96.9 Å². The molecule has 0 amide bonds. The van der Waals surface area contributed by atoms with Crippen LogP contribution in [0.15, 0.2) is 17.5 Å². The van der Waals surface area contributed by atoms with E-state index in [9.17, 15) is 0 Å². The van der Waals surface area contributed by atoms with Gasteiger partial charge < -0.3 is 5.32 Å². The molecule has 1 aliphatic carbocycles. The van der Waals surface area contributed by atoms with E-state index < -0.39 is 0 Å². The lowest BCUT2D eigenvalue weighted by molar-refractivity contribution is 0.434. The third kappa shape index (κ3) is 3.62. The molecule has 1 saturated carbocycles. The Morgan fingerprint density at radius 2 is 2.27 bits per heavy atom. The molecule has 2 atom stereocenters. The van der Waals surface area contributed by atoms with Crippen molar-refractivity contribution in [3.8, 4) is 0 Å². The summed E-state index contributed by atoms with van der Waals surface area (Å²) in [6, 6.07) is 5.12. The molecule has 0 aromatic carbocycles. The van der Waals surface area contributed by atoms with Gasteiger partial charge in [-0.05, 0) is 56.0 Å². The summed E-state index contributed by atoms with van der Waals surface area (Å²) >= 11 is 1.88. The number of hydrogen-bond acceptors (Lipinski definition) is 2. The molecule has 2 rings (SSSR count). The van der Waals surface area contributed by atoms with Gasteiger partial charge >= 0.3 is 0 Å². The molecule has 1 fully saturated rings. The van der Waals surface area contributed by atoms with Gasteiger partial charge in [-0.3, -0.25) is 0 Å². The fraction of sp³-hybridized carbons (Fsp3) is 0.692. The van der Waals surface area contributed by atoms with Crippen molar-refractivity contribution in [2.45, 2.75) is 39.2 Å². The second-order valence-corrected chi connectivity index (χ2v) is 5.96. The van der Waals surface area contributed by atoms with Crippen LogP contribution in [0.2, 0.25) is 0 Å². The summed E-state index contributed by atoms with van der Waals surface area (Å²) in [4.78, 5) is 1.52. The van der Waals surface area contributed by atoms with Crippen molar-refractivity contribution < 1.29 is 0 Å². The lowest BCUT2D eigenvalue weighted by Gasteiger charge is -2.16. The highest BCUT2D eigenvalue weighted by molar-refractivity contribution is 7.09. The molecular formula is C13H21NS. The minimum atomic E-state index is 0.732. The van der Waals surface area contributed by atoms with Gasteiger partial charge in [0.25, 0.3) is 0 Å². The molecule has 1 aliphatic rings. The fourth-order valence-electron chi connectivity index (χ4n) is 1.99. The van der Waals surface area contributed by atoms with Crippen molar-refractivity contribution in [2.75, 3.05) is 6.54 Å². The average Bonchev–Trinajstić information content (AvgIpc) is 2.95. The first-order chi connectivity index (χ1) is 7.25. The van der Waals surface area contributed by atoms with E-state index in [0.29, 0.717) is 0 Å². The zero-order valence-corrected chi connectivity index (χ0v) is 10.5. The molecule has 1 N–H and O–H groups in total. The standard InChI is InChI=1S/C13H21NS/c1-10(8-13-4-3-7-15-13)9-14-11(2)12-5-6-12/h3-4,7,10-12,14H,5-6,8-9H2,1-2H3. The van der Waals surface area contributed by atoms with E-state index in [2.05, 4.69) is 36.7 Å². The van der Waals surface area contributed by atoms with Gasteiger partial charge in [-0.1, -0.05) is 13.0 Å². The third-order valence-corrected chi connectivity index (χ3v) is 4.15. The molecule has 0 aliphatic heterocycles. The molecule has 1 heterocycles. The summed E-state index contributed by atoms with van der Waals surface area (Å²) in [5.41, 5.74) is 0. The average molecular weight is 223 g/mol. The van der Waals surface area contributed by atoms with Crippen LogP contribution in [0.25, 0.3) is 0 Å². The van der Waals surface area contributed by atoms with Gasteiger partial charge in [-0.25, -0.2) is 0 Å². The van der Waals surface area contributed by atoms with Crippen LogP contribution in [0.3, 0.4) is 0 Å². The second kappa shape index (κ2) is 5.13. The highest BCUT2D eigenvalue weighted by atomic mass is 32.1. The highest BCUT2D eigenvalue weighted by Gasteiger charge is 2.27. The molecule has 2 unspecified atom stereocenters. The lowest BCUT2D eigenvalue weighted by Crippen LogP contribution is -2.32. The van der Waals surface area contributed by atoms with Gasteiger partial charge in [0.2, 0.25) is 0 Å². The maximum Gasteiger partial charge on any atom is 0.00671 e. The highest BCUT2D eigenvalue weighted by Crippen LogP contribution is 2.32. The van der Waals surface area contributed by atoms with Crippen molar-refractivity contribution in [3.05, 3.63) is 22.4 Å². The lowest BCUT2D eigenvalue weighted by atomic mass is 10.1. The van der Waals surface area contributed by atoms with E-state index in [1.54, 1.807) is 0 Å². The molecular weight excluding hydrogens is 202 g/mol. The van der Waals surface area contributed by atoms with Crippen molar-refractivity contribution in [1.29, 1.82) is 0 Å². The van der Waals surface area contributed by atoms with E-state index in [1.807, 2.05) is 11.3 Å². The maximum absolute atomic E-state index is 3.66. The number of hydrogen-bond donors (Lipinski definition) is 1. The monoisotopic (exact) mass is 223 g/mol. The van der Waals surface area contributed by atoms with Gasteiger partial charge in [-0.2, -0.15) is 0 Å². The van der Waals surface area contributed by atoms with Crippen LogP contribution in [0.1, 0.15) is 31.6 Å². The van der Waals surface area contributed by atoms with Crippen LogP contribution in [0.5, 0.6) is 0 Å². The summed E-state index contributed by atoms with van der Waals surface area (Å²) in [7, 11) is 0. The van der Waals surface area contributed by atoms with Gasteiger partial charge in [0, 0.05) is 10.9 Å². The summed E-state index contributed by atoms with van der Waals surface area (Å²) in [5.74, 6) is 1.73. The number of thiophene rings is 1. The zero-order valence-electron chi connectivity index (χ0n) is 9.70. The third-order valence-electron chi connectivity index (χ3n) is 3.25.